The normalized spacial score (nSPS) is 10.6. The molecular formula is C16H15BrN4O2. The summed E-state index contributed by atoms with van der Waals surface area (Å²) in [5.74, 6) is 1.74. The van der Waals surface area contributed by atoms with Crippen LogP contribution in [0.4, 0.5) is 0 Å². The molecule has 0 fully saturated rings. The van der Waals surface area contributed by atoms with Crippen LogP contribution in [0, 0.1) is 6.92 Å². The van der Waals surface area contributed by atoms with Crippen molar-refractivity contribution >= 4 is 15.9 Å². The smallest absolute Gasteiger partial charge is 0.204 e. The van der Waals surface area contributed by atoms with Crippen LogP contribution in [-0.4, -0.2) is 27.7 Å². The summed E-state index contributed by atoms with van der Waals surface area (Å²) in [6.07, 6.45) is 0. The summed E-state index contributed by atoms with van der Waals surface area (Å²) in [7, 11) is 1.60. The first-order chi connectivity index (χ1) is 11.2. The van der Waals surface area contributed by atoms with Gasteiger partial charge in [-0.3, -0.25) is 0 Å². The van der Waals surface area contributed by atoms with E-state index in [4.69, 9.17) is 9.47 Å². The Hall–Kier alpha value is -2.41. The Labute approximate surface area is 142 Å². The van der Waals surface area contributed by atoms with Crippen LogP contribution in [0.3, 0.4) is 0 Å². The van der Waals surface area contributed by atoms with Gasteiger partial charge in [0.2, 0.25) is 5.82 Å². The maximum atomic E-state index is 5.96. The molecule has 0 aliphatic heterocycles. The standard InChI is InChI=1S/C16H15BrN4O2/c1-10-5-3-4-6-11(10)9-23-15-13(17)7-12(8-14(15)22-2)16-18-20-21-19-16/h3-8H,9H2,1-2H3,(H,18,19,20,21). The van der Waals surface area contributed by atoms with Crippen LogP contribution < -0.4 is 9.47 Å². The third-order valence-electron chi connectivity index (χ3n) is 3.47. The lowest BCUT2D eigenvalue weighted by Gasteiger charge is -2.14. The molecule has 1 aromatic heterocycles. The summed E-state index contributed by atoms with van der Waals surface area (Å²) in [4.78, 5) is 0. The van der Waals surface area contributed by atoms with Crippen molar-refractivity contribution in [1.29, 1.82) is 0 Å². The molecule has 2 aromatic carbocycles. The Balaban J connectivity index is 1.89. The van der Waals surface area contributed by atoms with E-state index in [1.54, 1.807) is 7.11 Å². The van der Waals surface area contributed by atoms with Crippen LogP contribution in [0.15, 0.2) is 40.9 Å². The van der Waals surface area contributed by atoms with Crippen LogP contribution >= 0.6 is 15.9 Å². The molecule has 1 N–H and O–H groups in total. The van der Waals surface area contributed by atoms with E-state index in [0.717, 1.165) is 15.6 Å². The van der Waals surface area contributed by atoms with E-state index in [0.29, 0.717) is 23.9 Å². The van der Waals surface area contributed by atoms with E-state index < -0.39 is 0 Å². The maximum Gasteiger partial charge on any atom is 0.204 e. The van der Waals surface area contributed by atoms with Gasteiger partial charge < -0.3 is 9.47 Å². The first-order valence-electron chi connectivity index (χ1n) is 6.97. The fourth-order valence-corrected chi connectivity index (χ4v) is 2.75. The van der Waals surface area contributed by atoms with Crippen molar-refractivity contribution in [3.05, 3.63) is 52.0 Å². The van der Waals surface area contributed by atoms with Crippen molar-refractivity contribution in [3.8, 4) is 22.9 Å². The van der Waals surface area contributed by atoms with Crippen LogP contribution in [0.25, 0.3) is 11.4 Å². The van der Waals surface area contributed by atoms with Gasteiger partial charge in [0.25, 0.3) is 0 Å². The number of tetrazole rings is 1. The fraction of sp³-hybridized carbons (Fsp3) is 0.188. The molecule has 3 aromatic rings. The highest BCUT2D eigenvalue weighted by Crippen LogP contribution is 2.39. The molecule has 6 nitrogen and oxygen atoms in total. The molecule has 0 saturated heterocycles. The van der Waals surface area contributed by atoms with Gasteiger partial charge in [-0.15, -0.1) is 10.2 Å². The lowest BCUT2D eigenvalue weighted by molar-refractivity contribution is 0.282. The summed E-state index contributed by atoms with van der Waals surface area (Å²) in [5.41, 5.74) is 3.10. The van der Waals surface area contributed by atoms with E-state index in [-0.39, 0.29) is 0 Å². The summed E-state index contributed by atoms with van der Waals surface area (Å²) >= 11 is 3.53. The second-order valence-electron chi connectivity index (χ2n) is 4.94. The number of hydrogen-bond donors (Lipinski definition) is 1. The lowest BCUT2D eigenvalue weighted by atomic mass is 10.1. The van der Waals surface area contributed by atoms with Crippen LogP contribution in [0.5, 0.6) is 11.5 Å². The van der Waals surface area contributed by atoms with E-state index >= 15 is 0 Å². The number of benzene rings is 2. The quantitative estimate of drug-likeness (QED) is 0.739. The van der Waals surface area contributed by atoms with Gasteiger partial charge >= 0.3 is 0 Å². The number of aromatic nitrogens is 4. The molecular weight excluding hydrogens is 360 g/mol. The zero-order chi connectivity index (χ0) is 16.2. The molecule has 7 heteroatoms. The molecule has 0 radical (unpaired) electrons. The number of rotatable bonds is 5. The summed E-state index contributed by atoms with van der Waals surface area (Å²) in [5, 5.41) is 13.9. The fourth-order valence-electron chi connectivity index (χ4n) is 2.20. The summed E-state index contributed by atoms with van der Waals surface area (Å²) in [6.45, 7) is 2.52. The SMILES string of the molecule is COc1cc(-c2nn[nH]n2)cc(Br)c1OCc1ccccc1C. The van der Waals surface area contributed by atoms with Gasteiger partial charge in [0.1, 0.15) is 6.61 Å². The second kappa shape index (κ2) is 6.78. The van der Waals surface area contributed by atoms with Crippen molar-refractivity contribution < 1.29 is 9.47 Å². The van der Waals surface area contributed by atoms with Crippen molar-refractivity contribution in [2.45, 2.75) is 13.5 Å². The minimum atomic E-state index is 0.461. The second-order valence-corrected chi connectivity index (χ2v) is 5.79. The monoisotopic (exact) mass is 374 g/mol. The molecule has 0 amide bonds. The number of methoxy groups -OCH3 is 1. The number of ether oxygens (including phenoxy) is 2. The van der Waals surface area contributed by atoms with E-state index in [9.17, 15) is 0 Å². The van der Waals surface area contributed by atoms with Crippen molar-refractivity contribution in [2.75, 3.05) is 7.11 Å². The molecule has 0 unspecified atom stereocenters. The number of hydrogen-bond acceptors (Lipinski definition) is 5. The van der Waals surface area contributed by atoms with Crippen molar-refractivity contribution in [2.24, 2.45) is 0 Å². The topological polar surface area (TPSA) is 72.9 Å². The average molecular weight is 375 g/mol. The summed E-state index contributed by atoms with van der Waals surface area (Å²) in [6, 6.07) is 11.8. The molecule has 118 valence electrons. The Morgan fingerprint density at radius 2 is 2.04 bits per heavy atom. The lowest BCUT2D eigenvalue weighted by Crippen LogP contribution is -2.00. The Kier molecular flexibility index (Phi) is 4.57. The van der Waals surface area contributed by atoms with Gasteiger partial charge in [0, 0.05) is 5.56 Å². The predicted octanol–water partition coefficient (Wildman–Crippen LogP) is 3.53. The molecule has 23 heavy (non-hydrogen) atoms. The first kappa shape index (κ1) is 15.5. The Morgan fingerprint density at radius 1 is 1.22 bits per heavy atom. The van der Waals surface area contributed by atoms with Gasteiger partial charge in [-0.25, -0.2) is 0 Å². The number of aromatic amines is 1. The molecule has 0 atom stereocenters. The largest absolute Gasteiger partial charge is 0.493 e. The van der Waals surface area contributed by atoms with Crippen LogP contribution in [0.2, 0.25) is 0 Å². The molecule has 0 bridgehead atoms. The minimum Gasteiger partial charge on any atom is -0.493 e. The van der Waals surface area contributed by atoms with E-state index in [2.05, 4.69) is 49.5 Å². The number of H-pyrrole nitrogens is 1. The van der Waals surface area contributed by atoms with Crippen molar-refractivity contribution in [3.63, 3.8) is 0 Å². The summed E-state index contributed by atoms with van der Waals surface area (Å²) < 4.78 is 12.2. The highest BCUT2D eigenvalue weighted by atomic mass is 79.9. The van der Waals surface area contributed by atoms with Gasteiger partial charge in [-0.2, -0.15) is 5.21 Å². The van der Waals surface area contributed by atoms with E-state index in [1.165, 1.54) is 5.56 Å². The van der Waals surface area contributed by atoms with Gasteiger partial charge in [-0.05, 0) is 51.3 Å². The van der Waals surface area contributed by atoms with E-state index in [1.807, 2.05) is 30.3 Å². The molecule has 3 rings (SSSR count). The number of nitrogens with one attached hydrogen (secondary N) is 1. The maximum absolute atomic E-state index is 5.96. The predicted molar refractivity (Wildman–Crippen MR) is 89.4 cm³/mol. The number of halogens is 1. The van der Waals surface area contributed by atoms with Gasteiger partial charge in [-0.1, -0.05) is 24.3 Å². The minimum absolute atomic E-state index is 0.461. The van der Waals surface area contributed by atoms with Crippen molar-refractivity contribution in [1.82, 2.24) is 20.6 Å². The third kappa shape index (κ3) is 3.34. The van der Waals surface area contributed by atoms with Crippen LogP contribution in [0.1, 0.15) is 11.1 Å². The molecule has 0 aliphatic rings. The number of nitrogens with zero attached hydrogens (tertiary/aromatic N) is 3. The molecule has 0 saturated carbocycles. The third-order valence-corrected chi connectivity index (χ3v) is 4.06. The molecule has 0 aliphatic carbocycles. The average Bonchev–Trinajstić information content (AvgIpc) is 3.09. The van der Waals surface area contributed by atoms with Gasteiger partial charge in [0.05, 0.1) is 11.6 Å². The van der Waals surface area contributed by atoms with Gasteiger partial charge in [0.15, 0.2) is 11.5 Å². The first-order valence-corrected chi connectivity index (χ1v) is 7.77. The Morgan fingerprint density at radius 3 is 2.74 bits per heavy atom. The highest BCUT2D eigenvalue weighted by Gasteiger charge is 2.15. The molecule has 1 heterocycles. The zero-order valence-corrected chi connectivity index (χ0v) is 14.3. The zero-order valence-electron chi connectivity index (χ0n) is 12.7. The highest BCUT2D eigenvalue weighted by molar-refractivity contribution is 9.10. The number of aryl methyl sites for hydroxylation is 1. The van der Waals surface area contributed by atoms with Crippen LogP contribution in [-0.2, 0) is 6.61 Å². The Bertz CT molecular complexity index is 806. The molecule has 0 spiro atoms.